The minimum atomic E-state index is 0.894. The van der Waals surface area contributed by atoms with Gasteiger partial charge in [-0.3, -0.25) is 15.1 Å². The van der Waals surface area contributed by atoms with Crippen molar-refractivity contribution in [2.75, 3.05) is 0 Å². The number of benzene rings is 1. The molecule has 5 nitrogen and oxygen atoms in total. The number of rotatable bonds is 4. The van der Waals surface area contributed by atoms with E-state index in [2.05, 4.69) is 85.3 Å². The van der Waals surface area contributed by atoms with Gasteiger partial charge in [-0.25, -0.2) is 0 Å². The molecule has 5 heterocycles. The molecule has 0 bridgehead atoms. The van der Waals surface area contributed by atoms with Gasteiger partial charge in [0.15, 0.2) is 0 Å². The number of aryl methyl sites for hydroxylation is 1. The Balaban J connectivity index is 1.50. The third-order valence-corrected chi connectivity index (χ3v) is 6.38. The lowest BCUT2D eigenvalue weighted by Gasteiger charge is -2.03. The van der Waals surface area contributed by atoms with Crippen LogP contribution in [0.15, 0.2) is 71.8 Å². The first-order valence-corrected chi connectivity index (χ1v) is 11.2. The van der Waals surface area contributed by atoms with Crippen molar-refractivity contribution in [2.45, 2.75) is 13.3 Å². The first kappa shape index (κ1) is 18.0. The summed E-state index contributed by atoms with van der Waals surface area (Å²) in [4.78, 5) is 12.6. The molecule has 0 saturated heterocycles. The highest BCUT2D eigenvalue weighted by atomic mass is 32.1. The van der Waals surface area contributed by atoms with Crippen LogP contribution in [0.25, 0.3) is 55.6 Å². The van der Waals surface area contributed by atoms with Crippen LogP contribution in [0.3, 0.4) is 0 Å². The number of thiophene rings is 1. The summed E-state index contributed by atoms with van der Waals surface area (Å²) in [6, 6.07) is 15.0. The fraction of sp³-hybridized carbons (Fsp3) is 0.0800. The molecule has 0 radical (unpaired) electrons. The number of hydrogen-bond donors (Lipinski definition) is 2. The maximum absolute atomic E-state index is 4.63. The highest BCUT2D eigenvalue weighted by molar-refractivity contribution is 7.08. The van der Waals surface area contributed by atoms with E-state index in [-0.39, 0.29) is 0 Å². The fourth-order valence-electron chi connectivity index (χ4n) is 4.05. The summed E-state index contributed by atoms with van der Waals surface area (Å²) in [5, 5.41) is 14.3. The van der Waals surface area contributed by atoms with Crippen LogP contribution in [0, 0.1) is 0 Å². The molecular formula is C25H19N5S. The van der Waals surface area contributed by atoms with Gasteiger partial charge in [0, 0.05) is 34.2 Å². The van der Waals surface area contributed by atoms with E-state index in [1.807, 2.05) is 18.6 Å². The van der Waals surface area contributed by atoms with Gasteiger partial charge >= 0.3 is 0 Å². The quantitative estimate of drug-likeness (QED) is 0.343. The minimum Gasteiger partial charge on any atom is -0.353 e. The van der Waals surface area contributed by atoms with Crippen molar-refractivity contribution < 1.29 is 0 Å². The van der Waals surface area contributed by atoms with Crippen LogP contribution in [0.1, 0.15) is 12.5 Å². The Bertz CT molecular complexity index is 1520. The van der Waals surface area contributed by atoms with E-state index in [0.29, 0.717) is 0 Å². The Labute approximate surface area is 182 Å². The maximum atomic E-state index is 4.63. The van der Waals surface area contributed by atoms with Crippen molar-refractivity contribution in [1.82, 2.24) is 25.1 Å². The van der Waals surface area contributed by atoms with Crippen molar-refractivity contribution in [3.05, 3.63) is 77.4 Å². The van der Waals surface area contributed by atoms with Gasteiger partial charge in [-0.1, -0.05) is 19.1 Å². The van der Waals surface area contributed by atoms with Crippen molar-refractivity contribution in [3.8, 4) is 33.8 Å². The van der Waals surface area contributed by atoms with Crippen LogP contribution < -0.4 is 0 Å². The second-order valence-electron chi connectivity index (χ2n) is 7.58. The molecule has 0 aliphatic carbocycles. The molecule has 0 fully saturated rings. The Kier molecular flexibility index (Phi) is 4.18. The largest absolute Gasteiger partial charge is 0.353 e. The summed E-state index contributed by atoms with van der Waals surface area (Å²) in [6.45, 7) is 2.13. The van der Waals surface area contributed by atoms with Crippen LogP contribution in [0.5, 0.6) is 0 Å². The average Bonchev–Trinajstić information content (AvgIpc) is 3.57. The smallest absolute Gasteiger partial charge is 0.116 e. The summed E-state index contributed by atoms with van der Waals surface area (Å²) in [6.07, 6.45) is 6.56. The fourth-order valence-corrected chi connectivity index (χ4v) is 4.71. The lowest BCUT2D eigenvalue weighted by atomic mass is 10.0. The Morgan fingerprint density at radius 1 is 0.935 bits per heavy atom. The molecule has 0 aliphatic heterocycles. The SMILES string of the molecule is CCc1cncc(-c2cc3c(-c4cc5c(-c6ccsc6)cccc5[nH]4)n[nH]c3cn2)c1. The number of nitrogens with one attached hydrogen (secondary N) is 2. The van der Waals surface area contributed by atoms with E-state index < -0.39 is 0 Å². The molecule has 5 aromatic heterocycles. The molecule has 6 heteroatoms. The van der Waals surface area contributed by atoms with E-state index in [4.69, 9.17) is 0 Å². The second-order valence-corrected chi connectivity index (χ2v) is 8.36. The van der Waals surface area contributed by atoms with E-state index in [1.54, 1.807) is 11.3 Å². The van der Waals surface area contributed by atoms with E-state index in [1.165, 1.54) is 22.1 Å². The third kappa shape index (κ3) is 3.04. The normalized spacial score (nSPS) is 11.5. The van der Waals surface area contributed by atoms with Crippen LogP contribution in [-0.2, 0) is 6.42 Å². The van der Waals surface area contributed by atoms with Crippen LogP contribution >= 0.6 is 11.3 Å². The summed E-state index contributed by atoms with van der Waals surface area (Å²) in [5.74, 6) is 0. The molecule has 150 valence electrons. The molecule has 0 atom stereocenters. The lowest BCUT2D eigenvalue weighted by Crippen LogP contribution is -1.88. The average molecular weight is 422 g/mol. The molecule has 0 spiro atoms. The Morgan fingerprint density at radius 3 is 2.77 bits per heavy atom. The molecule has 0 saturated carbocycles. The summed E-state index contributed by atoms with van der Waals surface area (Å²) < 4.78 is 0. The summed E-state index contributed by atoms with van der Waals surface area (Å²) in [5.41, 5.74) is 9.47. The first-order chi connectivity index (χ1) is 15.3. The zero-order chi connectivity index (χ0) is 20.8. The van der Waals surface area contributed by atoms with Gasteiger partial charge in [0.2, 0.25) is 0 Å². The molecule has 0 aliphatic rings. The number of nitrogens with zero attached hydrogens (tertiary/aromatic N) is 3. The van der Waals surface area contributed by atoms with E-state index >= 15 is 0 Å². The maximum Gasteiger partial charge on any atom is 0.116 e. The second kappa shape index (κ2) is 7.18. The predicted octanol–water partition coefficient (Wildman–Crippen LogP) is 6.46. The van der Waals surface area contributed by atoms with Gasteiger partial charge in [-0.2, -0.15) is 16.4 Å². The topological polar surface area (TPSA) is 70.2 Å². The summed E-state index contributed by atoms with van der Waals surface area (Å²) >= 11 is 1.71. The van der Waals surface area contributed by atoms with E-state index in [0.717, 1.165) is 45.5 Å². The molecule has 0 amide bonds. The Morgan fingerprint density at radius 2 is 1.90 bits per heavy atom. The first-order valence-electron chi connectivity index (χ1n) is 10.2. The summed E-state index contributed by atoms with van der Waals surface area (Å²) in [7, 11) is 0. The number of fused-ring (bicyclic) bond motifs is 2. The molecule has 31 heavy (non-hydrogen) atoms. The molecule has 6 rings (SSSR count). The molecule has 6 aromatic rings. The highest BCUT2D eigenvalue weighted by Gasteiger charge is 2.15. The van der Waals surface area contributed by atoms with Gasteiger partial charge in [0.25, 0.3) is 0 Å². The van der Waals surface area contributed by atoms with Crippen molar-refractivity contribution in [1.29, 1.82) is 0 Å². The number of H-pyrrole nitrogens is 2. The standard InChI is InChI=1S/C25H19N5S/c1-2-15-8-17(12-26-11-15)22-10-20-24(13-27-22)29-30-25(20)23-9-19-18(16-6-7-31-14-16)4-3-5-21(19)28-23/h3-14,28H,2H2,1H3,(H,29,30). The third-order valence-electron chi connectivity index (χ3n) is 5.70. The van der Waals surface area contributed by atoms with E-state index in [9.17, 15) is 0 Å². The van der Waals surface area contributed by atoms with Crippen LogP contribution in [0.2, 0.25) is 0 Å². The Hall–Kier alpha value is -3.77. The van der Waals surface area contributed by atoms with Gasteiger partial charge in [-0.05, 0) is 64.2 Å². The number of hydrogen-bond acceptors (Lipinski definition) is 4. The number of aromatic nitrogens is 5. The number of pyridine rings is 2. The van der Waals surface area contributed by atoms with Gasteiger partial charge in [-0.15, -0.1) is 0 Å². The predicted molar refractivity (Wildman–Crippen MR) is 127 cm³/mol. The van der Waals surface area contributed by atoms with Crippen LogP contribution in [-0.4, -0.2) is 25.1 Å². The van der Waals surface area contributed by atoms with Crippen molar-refractivity contribution >= 4 is 33.1 Å². The van der Waals surface area contributed by atoms with Crippen molar-refractivity contribution in [3.63, 3.8) is 0 Å². The van der Waals surface area contributed by atoms with Crippen LogP contribution in [0.4, 0.5) is 0 Å². The van der Waals surface area contributed by atoms with Crippen molar-refractivity contribution in [2.24, 2.45) is 0 Å². The monoisotopic (exact) mass is 421 g/mol. The minimum absolute atomic E-state index is 0.894. The lowest BCUT2D eigenvalue weighted by molar-refractivity contribution is 1.10. The zero-order valence-corrected chi connectivity index (χ0v) is 17.7. The zero-order valence-electron chi connectivity index (χ0n) is 16.9. The van der Waals surface area contributed by atoms with Gasteiger partial charge in [0.05, 0.1) is 23.1 Å². The van der Waals surface area contributed by atoms with Gasteiger partial charge < -0.3 is 4.98 Å². The highest BCUT2D eigenvalue weighted by Crippen LogP contribution is 2.35. The molecule has 1 aromatic carbocycles. The van der Waals surface area contributed by atoms with Gasteiger partial charge in [0.1, 0.15) is 5.69 Å². The molecule has 2 N–H and O–H groups in total. The molecular weight excluding hydrogens is 402 g/mol. The molecule has 0 unspecified atom stereocenters. The number of aromatic amines is 2.